The molecule has 0 aliphatic carbocycles. The molecule has 0 heterocycles. The van der Waals surface area contributed by atoms with E-state index in [4.69, 9.17) is 0 Å². The van der Waals surface area contributed by atoms with E-state index in [9.17, 15) is 12.8 Å². The zero-order valence-corrected chi connectivity index (χ0v) is 14.8. The van der Waals surface area contributed by atoms with Gasteiger partial charge in [-0.2, -0.15) is 0 Å². The third kappa shape index (κ3) is 8.51. The number of nitrogens with one attached hydrogen (secondary N) is 3. The molecule has 23 heavy (non-hydrogen) atoms. The van der Waals surface area contributed by atoms with Crippen LogP contribution in [0.2, 0.25) is 0 Å². The predicted molar refractivity (Wildman–Crippen MR) is 91.3 cm³/mol. The minimum Gasteiger partial charge on any atom is -0.357 e. The molecule has 1 aromatic rings. The number of guanidine groups is 1. The van der Waals surface area contributed by atoms with E-state index < -0.39 is 15.6 Å². The topological polar surface area (TPSA) is 82.6 Å². The van der Waals surface area contributed by atoms with Crippen LogP contribution in [0.3, 0.4) is 0 Å². The predicted octanol–water partition coefficient (Wildman–Crippen LogP) is 1.21. The molecule has 0 atom stereocenters. The van der Waals surface area contributed by atoms with Gasteiger partial charge in [-0.3, -0.25) is 0 Å². The van der Waals surface area contributed by atoms with Crippen molar-refractivity contribution >= 4 is 16.0 Å². The lowest BCUT2D eigenvalue weighted by molar-refractivity contribution is 0.446. The van der Waals surface area contributed by atoms with Crippen molar-refractivity contribution in [2.75, 3.05) is 19.3 Å². The van der Waals surface area contributed by atoms with Gasteiger partial charge < -0.3 is 10.6 Å². The van der Waals surface area contributed by atoms with Crippen LogP contribution in [0.5, 0.6) is 0 Å². The smallest absolute Gasteiger partial charge is 0.209 e. The first-order chi connectivity index (χ1) is 10.6. The van der Waals surface area contributed by atoms with Gasteiger partial charge in [-0.25, -0.2) is 22.5 Å². The monoisotopic (exact) mass is 344 g/mol. The van der Waals surface area contributed by atoms with Crippen molar-refractivity contribution in [3.05, 3.63) is 35.6 Å². The van der Waals surface area contributed by atoms with Crippen LogP contribution in [0.15, 0.2) is 29.3 Å². The molecular weight excluding hydrogens is 319 g/mol. The fraction of sp³-hybridized carbons (Fsp3) is 0.533. The van der Waals surface area contributed by atoms with E-state index in [0.717, 1.165) is 11.8 Å². The van der Waals surface area contributed by atoms with Crippen LogP contribution in [0.4, 0.5) is 4.39 Å². The van der Waals surface area contributed by atoms with Crippen LogP contribution in [-0.4, -0.2) is 39.3 Å². The largest absolute Gasteiger partial charge is 0.357 e. The first-order valence-corrected chi connectivity index (χ1v) is 9.26. The second-order valence-electron chi connectivity index (χ2n) is 5.94. The Balaban J connectivity index is 2.69. The van der Waals surface area contributed by atoms with Crippen molar-refractivity contribution in [2.24, 2.45) is 4.99 Å². The highest BCUT2D eigenvalue weighted by Crippen LogP contribution is 2.05. The maximum atomic E-state index is 13.2. The summed E-state index contributed by atoms with van der Waals surface area (Å²) < 4.78 is 38.4. The Morgan fingerprint density at radius 1 is 1.30 bits per heavy atom. The summed E-state index contributed by atoms with van der Waals surface area (Å²) >= 11 is 0. The van der Waals surface area contributed by atoms with E-state index in [0.29, 0.717) is 25.6 Å². The fourth-order valence-corrected chi connectivity index (χ4v) is 3.07. The van der Waals surface area contributed by atoms with E-state index in [1.165, 1.54) is 12.1 Å². The van der Waals surface area contributed by atoms with E-state index in [1.54, 1.807) is 26.0 Å². The standard InChI is InChI=1S/C15H25FN4O2S/c1-5-17-14(18-10-12-7-6-8-13(16)9-12)19-11-15(2,3)20-23(4,21)22/h6-9,20H,5,10-11H2,1-4H3,(H2,17,18,19). The van der Waals surface area contributed by atoms with Gasteiger partial charge in [0.15, 0.2) is 5.96 Å². The molecule has 6 nitrogen and oxygen atoms in total. The van der Waals surface area contributed by atoms with Gasteiger partial charge >= 0.3 is 0 Å². The molecule has 3 N–H and O–H groups in total. The van der Waals surface area contributed by atoms with Crippen LogP contribution in [0, 0.1) is 5.82 Å². The van der Waals surface area contributed by atoms with E-state index >= 15 is 0 Å². The second-order valence-corrected chi connectivity index (χ2v) is 7.69. The van der Waals surface area contributed by atoms with Crippen molar-refractivity contribution in [2.45, 2.75) is 32.9 Å². The molecule has 130 valence electrons. The molecule has 0 aliphatic rings. The minimum absolute atomic E-state index is 0.297. The quantitative estimate of drug-likeness (QED) is 0.513. The number of nitrogens with zero attached hydrogens (tertiary/aromatic N) is 1. The molecular formula is C15H25FN4O2S. The van der Waals surface area contributed by atoms with Gasteiger partial charge in [-0.05, 0) is 38.5 Å². The molecule has 1 rings (SSSR count). The van der Waals surface area contributed by atoms with Crippen molar-refractivity contribution in [3.63, 3.8) is 0 Å². The molecule has 0 amide bonds. The summed E-state index contributed by atoms with van der Waals surface area (Å²) in [5, 5.41) is 6.16. The Kier molecular flexibility index (Phi) is 6.96. The first-order valence-electron chi connectivity index (χ1n) is 7.37. The molecule has 0 saturated carbocycles. The lowest BCUT2D eigenvalue weighted by Crippen LogP contribution is -2.53. The summed E-state index contributed by atoms with van der Waals surface area (Å²) in [6.45, 7) is 6.82. The minimum atomic E-state index is -3.29. The average Bonchev–Trinajstić information content (AvgIpc) is 2.39. The Bertz CT molecular complexity index is 645. The number of rotatable bonds is 7. The summed E-state index contributed by atoms with van der Waals surface area (Å²) in [5.41, 5.74) is 0.0959. The highest BCUT2D eigenvalue weighted by Gasteiger charge is 2.22. The van der Waals surface area contributed by atoms with Gasteiger partial charge in [0.05, 0.1) is 12.8 Å². The zero-order chi connectivity index (χ0) is 17.5. The normalized spacial score (nSPS) is 13.0. The summed E-state index contributed by atoms with van der Waals surface area (Å²) in [5.74, 6) is 0.245. The Morgan fingerprint density at radius 2 is 2.00 bits per heavy atom. The summed E-state index contributed by atoms with van der Waals surface area (Å²) in [7, 11) is -3.29. The number of aliphatic imine (C=N–C) groups is 1. The number of halogens is 1. The molecule has 0 saturated heterocycles. The van der Waals surface area contributed by atoms with Gasteiger partial charge in [0, 0.05) is 18.6 Å². The van der Waals surface area contributed by atoms with Crippen LogP contribution < -0.4 is 15.4 Å². The van der Waals surface area contributed by atoms with Gasteiger partial charge in [-0.1, -0.05) is 12.1 Å². The molecule has 0 fully saturated rings. The van der Waals surface area contributed by atoms with Crippen molar-refractivity contribution < 1.29 is 12.8 Å². The number of benzene rings is 1. The molecule has 0 aromatic heterocycles. The fourth-order valence-electron chi connectivity index (χ4n) is 1.99. The lowest BCUT2D eigenvalue weighted by atomic mass is 10.1. The van der Waals surface area contributed by atoms with Gasteiger partial charge in [0.1, 0.15) is 5.82 Å². The molecule has 0 aliphatic heterocycles. The van der Waals surface area contributed by atoms with Crippen molar-refractivity contribution in [1.82, 2.24) is 15.4 Å². The number of hydrogen-bond donors (Lipinski definition) is 3. The molecule has 8 heteroatoms. The molecule has 0 spiro atoms. The second kappa shape index (κ2) is 8.26. The Morgan fingerprint density at radius 3 is 2.57 bits per heavy atom. The molecule has 1 aromatic carbocycles. The van der Waals surface area contributed by atoms with Crippen LogP contribution >= 0.6 is 0 Å². The van der Waals surface area contributed by atoms with Crippen LogP contribution in [0.1, 0.15) is 26.3 Å². The highest BCUT2D eigenvalue weighted by molar-refractivity contribution is 7.88. The summed E-state index contributed by atoms with van der Waals surface area (Å²) in [6.07, 6.45) is 1.12. The highest BCUT2D eigenvalue weighted by atomic mass is 32.2. The molecule has 0 unspecified atom stereocenters. The van der Waals surface area contributed by atoms with Crippen LogP contribution in [-0.2, 0) is 16.6 Å². The lowest BCUT2D eigenvalue weighted by Gasteiger charge is -2.26. The maximum absolute atomic E-state index is 13.2. The van der Waals surface area contributed by atoms with Crippen molar-refractivity contribution in [3.8, 4) is 0 Å². The molecule has 0 radical (unpaired) electrons. The SMILES string of the molecule is CCNC(=NCc1cccc(F)c1)NCC(C)(C)NS(C)(=O)=O. The first kappa shape index (κ1) is 19.4. The third-order valence-electron chi connectivity index (χ3n) is 2.81. The van der Waals surface area contributed by atoms with Crippen molar-refractivity contribution in [1.29, 1.82) is 0 Å². The molecule has 0 bridgehead atoms. The zero-order valence-electron chi connectivity index (χ0n) is 14.0. The number of sulfonamides is 1. The Hall–Kier alpha value is -1.67. The van der Waals surface area contributed by atoms with Gasteiger partial charge in [0.2, 0.25) is 10.0 Å². The number of hydrogen-bond acceptors (Lipinski definition) is 3. The maximum Gasteiger partial charge on any atom is 0.209 e. The Labute approximate surface area is 137 Å². The van der Waals surface area contributed by atoms with E-state index in [2.05, 4.69) is 20.3 Å². The van der Waals surface area contributed by atoms with Gasteiger partial charge in [-0.15, -0.1) is 0 Å². The van der Waals surface area contributed by atoms with Crippen LogP contribution in [0.25, 0.3) is 0 Å². The van der Waals surface area contributed by atoms with E-state index in [1.807, 2.05) is 6.92 Å². The van der Waals surface area contributed by atoms with Gasteiger partial charge in [0.25, 0.3) is 0 Å². The summed E-state index contributed by atoms with van der Waals surface area (Å²) in [4.78, 5) is 4.37. The summed E-state index contributed by atoms with van der Waals surface area (Å²) in [6, 6.07) is 6.25. The third-order valence-corrected chi connectivity index (χ3v) is 3.74. The van der Waals surface area contributed by atoms with E-state index in [-0.39, 0.29) is 5.82 Å². The average molecular weight is 344 g/mol.